The van der Waals surface area contributed by atoms with Crippen LogP contribution in [0.2, 0.25) is 0 Å². The summed E-state index contributed by atoms with van der Waals surface area (Å²) < 4.78 is 19.2. The highest BCUT2D eigenvalue weighted by Gasteiger charge is 2.45. The van der Waals surface area contributed by atoms with Crippen LogP contribution < -0.4 is 5.32 Å². The third-order valence-electron chi connectivity index (χ3n) is 7.21. The smallest absolute Gasteiger partial charge is 0.322 e. The molecule has 3 fully saturated rings. The zero-order valence-electron chi connectivity index (χ0n) is 20.2. The molecule has 0 aromatic heterocycles. The topological polar surface area (TPSA) is 119 Å². The summed E-state index contributed by atoms with van der Waals surface area (Å²) in [5.41, 5.74) is 0.0721. The Labute approximate surface area is 209 Å². The van der Waals surface area contributed by atoms with E-state index in [2.05, 4.69) is 5.32 Å². The van der Waals surface area contributed by atoms with E-state index in [4.69, 9.17) is 4.74 Å². The Kier molecular flexibility index (Phi) is 8.40. The van der Waals surface area contributed by atoms with Crippen LogP contribution in [0.15, 0.2) is 24.3 Å². The van der Waals surface area contributed by atoms with Crippen LogP contribution >= 0.6 is 0 Å². The molecule has 1 aromatic carbocycles. The Hall–Kier alpha value is -3.21. The largest absolute Gasteiger partial charge is 0.481 e. The van der Waals surface area contributed by atoms with Gasteiger partial charge in [-0.2, -0.15) is 0 Å². The van der Waals surface area contributed by atoms with Crippen molar-refractivity contribution in [1.82, 2.24) is 20.0 Å². The van der Waals surface area contributed by atoms with Gasteiger partial charge in [0.15, 0.2) is 6.17 Å². The van der Waals surface area contributed by atoms with Gasteiger partial charge in [0.05, 0.1) is 19.6 Å². The first-order valence-electron chi connectivity index (χ1n) is 12.6. The molecule has 10 nitrogen and oxygen atoms in total. The number of hydrogen-bond donors (Lipinski definition) is 2. The van der Waals surface area contributed by atoms with Crippen molar-refractivity contribution in [3.05, 3.63) is 35.6 Å². The maximum absolute atomic E-state index is 13.8. The molecule has 0 bridgehead atoms. The minimum atomic E-state index is -1.27. The van der Waals surface area contributed by atoms with Crippen molar-refractivity contribution >= 4 is 23.8 Å². The Balaban J connectivity index is 1.59. The van der Waals surface area contributed by atoms with Crippen molar-refractivity contribution in [1.29, 1.82) is 0 Å². The Bertz CT molecular complexity index is 979. The van der Waals surface area contributed by atoms with E-state index in [1.54, 1.807) is 4.90 Å². The second-order valence-electron chi connectivity index (χ2n) is 9.57. The van der Waals surface area contributed by atoms with Crippen molar-refractivity contribution in [2.75, 3.05) is 39.4 Å². The van der Waals surface area contributed by atoms with Crippen LogP contribution in [-0.2, 0) is 14.3 Å². The van der Waals surface area contributed by atoms with Gasteiger partial charge in [0.25, 0.3) is 11.8 Å². The molecule has 2 atom stereocenters. The van der Waals surface area contributed by atoms with Crippen LogP contribution in [0.4, 0.5) is 9.18 Å². The lowest BCUT2D eigenvalue weighted by atomic mass is 9.82. The first-order chi connectivity index (χ1) is 17.3. The molecule has 4 rings (SSSR count). The molecule has 2 heterocycles. The molecule has 2 unspecified atom stereocenters. The summed E-state index contributed by atoms with van der Waals surface area (Å²) in [6.45, 7) is 1.71. The summed E-state index contributed by atoms with van der Waals surface area (Å²) in [7, 11) is 0. The molecule has 2 aliphatic heterocycles. The molecule has 1 aliphatic carbocycles. The van der Waals surface area contributed by atoms with Crippen molar-refractivity contribution < 1.29 is 33.4 Å². The number of nitrogens with zero attached hydrogens (tertiary/aromatic N) is 3. The van der Waals surface area contributed by atoms with E-state index in [0.29, 0.717) is 26.3 Å². The SMILES string of the molecule is O=C(O)CC(NC(=O)C1N(C(=O)c2cccc(F)c2)CCN1C(=O)N1CCOCC1)C1CCCCC1. The molecule has 4 amide bonds. The number of ether oxygens (including phenoxy) is 1. The van der Waals surface area contributed by atoms with Gasteiger partial charge in [-0.3, -0.25) is 19.3 Å². The number of hydrogen-bond acceptors (Lipinski definition) is 5. The highest BCUT2D eigenvalue weighted by molar-refractivity contribution is 5.99. The van der Waals surface area contributed by atoms with E-state index in [1.165, 1.54) is 28.0 Å². The number of carboxylic acid groups (broad SMARTS) is 1. The van der Waals surface area contributed by atoms with E-state index >= 15 is 0 Å². The molecule has 0 radical (unpaired) electrons. The monoisotopic (exact) mass is 504 g/mol. The molecule has 2 saturated heterocycles. The molecule has 1 saturated carbocycles. The number of rotatable bonds is 6. The summed E-state index contributed by atoms with van der Waals surface area (Å²) >= 11 is 0. The van der Waals surface area contributed by atoms with Gasteiger partial charge >= 0.3 is 12.0 Å². The number of carbonyl (C=O) groups excluding carboxylic acids is 3. The Morgan fingerprint density at radius 2 is 1.72 bits per heavy atom. The van der Waals surface area contributed by atoms with Crippen LogP contribution in [0.3, 0.4) is 0 Å². The van der Waals surface area contributed by atoms with Gasteiger partial charge in [0.2, 0.25) is 0 Å². The third kappa shape index (κ3) is 5.95. The molecule has 3 aliphatic rings. The average Bonchev–Trinajstić information content (AvgIpc) is 3.33. The second kappa shape index (κ2) is 11.7. The Morgan fingerprint density at radius 3 is 2.39 bits per heavy atom. The molecular formula is C25H33FN4O6. The number of halogens is 1. The van der Waals surface area contributed by atoms with Gasteiger partial charge in [-0.15, -0.1) is 0 Å². The summed E-state index contributed by atoms with van der Waals surface area (Å²) in [5, 5.41) is 12.4. The number of amides is 4. The Morgan fingerprint density at radius 1 is 1.03 bits per heavy atom. The first-order valence-corrected chi connectivity index (χ1v) is 12.6. The number of morpholine rings is 1. The molecule has 36 heavy (non-hydrogen) atoms. The average molecular weight is 505 g/mol. The molecule has 2 N–H and O–H groups in total. The number of nitrogens with one attached hydrogen (secondary N) is 1. The zero-order chi connectivity index (χ0) is 25.7. The lowest BCUT2D eigenvalue weighted by Crippen LogP contribution is -2.59. The number of benzene rings is 1. The van der Waals surface area contributed by atoms with Gasteiger partial charge in [0.1, 0.15) is 5.82 Å². The predicted molar refractivity (Wildman–Crippen MR) is 126 cm³/mol. The molecule has 0 spiro atoms. The third-order valence-corrected chi connectivity index (χ3v) is 7.21. The van der Waals surface area contributed by atoms with Crippen molar-refractivity contribution in [3.63, 3.8) is 0 Å². The number of urea groups is 1. The van der Waals surface area contributed by atoms with E-state index in [9.17, 15) is 28.7 Å². The molecule has 1 aromatic rings. The van der Waals surface area contributed by atoms with Crippen LogP contribution in [0.25, 0.3) is 0 Å². The summed E-state index contributed by atoms with van der Waals surface area (Å²) in [5.74, 6) is -2.77. The van der Waals surface area contributed by atoms with Gasteiger partial charge in [-0.1, -0.05) is 25.3 Å². The second-order valence-corrected chi connectivity index (χ2v) is 9.57. The zero-order valence-corrected chi connectivity index (χ0v) is 20.2. The minimum absolute atomic E-state index is 0.0102. The fraction of sp³-hybridized carbons (Fsp3) is 0.600. The highest BCUT2D eigenvalue weighted by Crippen LogP contribution is 2.29. The van der Waals surface area contributed by atoms with E-state index in [0.717, 1.165) is 38.2 Å². The highest BCUT2D eigenvalue weighted by atomic mass is 19.1. The lowest BCUT2D eigenvalue weighted by molar-refractivity contribution is -0.138. The lowest BCUT2D eigenvalue weighted by Gasteiger charge is -2.36. The number of carboxylic acids is 1. The van der Waals surface area contributed by atoms with Gasteiger partial charge in [0, 0.05) is 37.8 Å². The molecular weight excluding hydrogens is 471 g/mol. The number of aliphatic carboxylic acids is 1. The standard InChI is InChI=1S/C25H33FN4O6/c26-19-8-4-7-18(15-19)24(34)29-9-10-30(25(35)28-11-13-36-14-12-28)23(29)22(33)27-20(16-21(31)32)17-5-2-1-3-6-17/h4,7-8,15,17,20,23H,1-3,5-6,9-14,16H2,(H,27,33)(H,31,32). The van der Waals surface area contributed by atoms with Crippen molar-refractivity contribution in [2.24, 2.45) is 5.92 Å². The quantitative estimate of drug-likeness (QED) is 0.611. The first kappa shape index (κ1) is 25.9. The van der Waals surface area contributed by atoms with E-state index < -0.39 is 35.8 Å². The predicted octanol–water partition coefficient (Wildman–Crippen LogP) is 1.90. The van der Waals surface area contributed by atoms with E-state index in [-0.39, 0.29) is 37.0 Å². The van der Waals surface area contributed by atoms with Crippen LogP contribution in [0, 0.1) is 11.7 Å². The maximum atomic E-state index is 13.8. The summed E-state index contributed by atoms with van der Waals surface area (Å²) in [6, 6.07) is 4.19. The molecule has 11 heteroatoms. The summed E-state index contributed by atoms with van der Waals surface area (Å²) in [6.07, 6.45) is 3.12. The van der Waals surface area contributed by atoms with E-state index in [1.807, 2.05) is 0 Å². The molecule has 196 valence electrons. The van der Waals surface area contributed by atoms with Crippen molar-refractivity contribution in [3.8, 4) is 0 Å². The van der Waals surface area contributed by atoms with Crippen LogP contribution in [0.5, 0.6) is 0 Å². The van der Waals surface area contributed by atoms with Crippen LogP contribution in [0.1, 0.15) is 48.9 Å². The fourth-order valence-electron chi connectivity index (χ4n) is 5.37. The minimum Gasteiger partial charge on any atom is -0.481 e. The maximum Gasteiger partial charge on any atom is 0.322 e. The fourth-order valence-corrected chi connectivity index (χ4v) is 5.37. The summed E-state index contributed by atoms with van der Waals surface area (Å²) in [4.78, 5) is 56.2. The van der Waals surface area contributed by atoms with Gasteiger partial charge in [-0.05, 0) is 37.0 Å². The van der Waals surface area contributed by atoms with Crippen LogP contribution in [-0.4, -0.2) is 95.2 Å². The van der Waals surface area contributed by atoms with Gasteiger partial charge < -0.3 is 25.0 Å². The van der Waals surface area contributed by atoms with Gasteiger partial charge in [-0.25, -0.2) is 9.18 Å². The normalized spacial score (nSPS) is 21.8. The number of carbonyl (C=O) groups is 4. The van der Waals surface area contributed by atoms with Crippen molar-refractivity contribution in [2.45, 2.75) is 50.7 Å².